The maximum atomic E-state index is 13.8. The molecule has 1 aliphatic carbocycles. The van der Waals surface area contributed by atoms with Crippen LogP contribution in [-0.4, -0.2) is 55.0 Å². The molecule has 1 fully saturated rings. The molecule has 2 atom stereocenters. The van der Waals surface area contributed by atoms with Crippen LogP contribution >= 0.6 is 0 Å². The van der Waals surface area contributed by atoms with Crippen molar-refractivity contribution >= 4 is 16.1 Å². The van der Waals surface area contributed by atoms with Crippen molar-refractivity contribution < 1.29 is 12.8 Å². The number of aryl methyl sites for hydroxylation is 1. The Morgan fingerprint density at radius 1 is 1.12 bits per heavy atom. The van der Waals surface area contributed by atoms with Gasteiger partial charge in [0, 0.05) is 24.5 Å². The van der Waals surface area contributed by atoms with Crippen molar-refractivity contribution in [2.45, 2.75) is 30.7 Å². The molecule has 1 aromatic heterocycles. The van der Waals surface area contributed by atoms with Crippen molar-refractivity contribution in [3.8, 4) is 0 Å². The molecule has 3 aromatic rings. The maximum Gasteiger partial charge on any atom is 0.243 e. The highest BCUT2D eigenvalue weighted by Crippen LogP contribution is 2.53. The number of nitrogens with one attached hydrogen (secondary N) is 1. The molecule has 6 nitrogen and oxygen atoms in total. The number of sulfonamides is 1. The summed E-state index contributed by atoms with van der Waals surface area (Å²) in [6, 6.07) is 13.4. The van der Waals surface area contributed by atoms with Crippen LogP contribution in [-0.2, 0) is 16.4 Å². The number of aromatic amines is 1. The third-order valence-electron chi connectivity index (χ3n) is 7.19. The minimum atomic E-state index is -3.68. The van der Waals surface area contributed by atoms with Crippen LogP contribution in [0.25, 0.3) is 6.08 Å². The van der Waals surface area contributed by atoms with E-state index in [1.165, 1.54) is 17.7 Å². The number of aromatic nitrogens is 2. The van der Waals surface area contributed by atoms with Gasteiger partial charge in [0.05, 0.1) is 16.8 Å². The van der Waals surface area contributed by atoms with E-state index in [2.05, 4.69) is 21.2 Å². The first-order valence-electron chi connectivity index (χ1n) is 11.4. The van der Waals surface area contributed by atoms with E-state index in [9.17, 15) is 12.8 Å². The van der Waals surface area contributed by atoms with E-state index in [0.717, 1.165) is 22.4 Å². The summed E-state index contributed by atoms with van der Waals surface area (Å²) >= 11 is 0. The van der Waals surface area contributed by atoms with Crippen molar-refractivity contribution in [2.75, 3.05) is 27.2 Å². The van der Waals surface area contributed by atoms with E-state index >= 15 is 0 Å². The Morgan fingerprint density at radius 3 is 2.50 bits per heavy atom. The van der Waals surface area contributed by atoms with E-state index < -0.39 is 15.4 Å². The average Bonchev–Trinajstić information content (AvgIpc) is 3.25. The number of H-pyrrole nitrogens is 1. The summed E-state index contributed by atoms with van der Waals surface area (Å²) in [6.45, 7) is 2.69. The topological polar surface area (TPSA) is 69.3 Å². The van der Waals surface area contributed by atoms with E-state index in [4.69, 9.17) is 0 Å². The van der Waals surface area contributed by atoms with Crippen molar-refractivity contribution in [1.29, 1.82) is 0 Å². The molecule has 1 N–H and O–H groups in total. The molecule has 0 spiro atoms. The quantitative estimate of drug-likeness (QED) is 0.595. The summed E-state index contributed by atoms with van der Waals surface area (Å²) in [5, 5.41) is 7.31. The second-order valence-electron chi connectivity index (χ2n) is 9.63. The van der Waals surface area contributed by atoms with E-state index in [-0.39, 0.29) is 11.9 Å². The number of nitrogens with zero attached hydrogens (tertiary/aromatic N) is 3. The molecule has 2 aromatic carbocycles. The molecule has 2 aliphatic rings. The van der Waals surface area contributed by atoms with Gasteiger partial charge in [0.2, 0.25) is 10.0 Å². The van der Waals surface area contributed by atoms with Gasteiger partial charge in [0.15, 0.2) is 0 Å². The van der Waals surface area contributed by atoms with Gasteiger partial charge < -0.3 is 4.90 Å². The third kappa shape index (κ3) is 3.79. The second kappa shape index (κ2) is 8.45. The van der Waals surface area contributed by atoms with Crippen LogP contribution in [0.15, 0.2) is 65.2 Å². The first-order chi connectivity index (χ1) is 16.2. The smallest absolute Gasteiger partial charge is 0.243 e. The van der Waals surface area contributed by atoms with E-state index in [0.29, 0.717) is 30.8 Å². The first kappa shape index (κ1) is 23.0. The fourth-order valence-electron chi connectivity index (χ4n) is 5.66. The zero-order valence-corrected chi connectivity index (χ0v) is 20.4. The Balaban J connectivity index is 1.63. The SMILES string of the molecule is Cc1ccc(S(=O)(=O)N2CCC3=Cc4[nH]ncc4CC3([C@H](c3ccc(F)cc3)N(C)C)C2)cc1. The molecule has 1 saturated heterocycles. The number of halogens is 1. The van der Waals surface area contributed by atoms with Crippen LogP contribution in [0.4, 0.5) is 4.39 Å². The summed E-state index contributed by atoms with van der Waals surface area (Å²) in [7, 11) is 0.322. The zero-order valence-electron chi connectivity index (χ0n) is 19.6. The number of benzene rings is 2. The van der Waals surface area contributed by atoms with E-state index in [1.807, 2.05) is 51.5 Å². The predicted octanol–water partition coefficient (Wildman–Crippen LogP) is 4.18. The number of fused-ring (bicyclic) bond motifs is 2. The minimum absolute atomic E-state index is 0.154. The van der Waals surface area contributed by atoms with Gasteiger partial charge in [-0.05, 0) is 75.3 Å². The Bertz CT molecular complexity index is 1330. The largest absolute Gasteiger partial charge is 0.301 e. The minimum Gasteiger partial charge on any atom is -0.301 e. The third-order valence-corrected chi connectivity index (χ3v) is 9.05. The molecule has 1 unspecified atom stereocenters. The lowest BCUT2D eigenvalue weighted by atomic mass is 9.62. The van der Waals surface area contributed by atoms with Crippen LogP contribution in [0.2, 0.25) is 0 Å². The number of hydrogen-bond acceptors (Lipinski definition) is 4. The molecule has 0 saturated carbocycles. The highest BCUT2D eigenvalue weighted by Gasteiger charge is 2.51. The van der Waals surface area contributed by atoms with Crippen molar-refractivity contribution in [2.24, 2.45) is 5.41 Å². The van der Waals surface area contributed by atoms with Gasteiger partial charge in [0.25, 0.3) is 0 Å². The summed E-state index contributed by atoms with van der Waals surface area (Å²) in [5.41, 5.74) is 4.70. The Morgan fingerprint density at radius 2 is 1.82 bits per heavy atom. The van der Waals surface area contributed by atoms with Gasteiger partial charge in [-0.25, -0.2) is 12.8 Å². The standard InChI is InChI=1S/C26H29FN4O2S/c1-18-4-10-23(11-5-18)34(32,33)31-13-12-21-14-24-20(16-28-29-24)15-26(21,17-31)25(30(2)3)19-6-8-22(27)9-7-19/h4-11,14,16,25H,12-13,15,17H2,1-3H3,(H,28,29)/t25-,26?/m0/s1. The average molecular weight is 481 g/mol. The lowest BCUT2D eigenvalue weighted by Crippen LogP contribution is -2.54. The maximum absolute atomic E-state index is 13.8. The normalized spacial score (nSPS) is 21.6. The van der Waals surface area contributed by atoms with Crippen LogP contribution in [0.5, 0.6) is 0 Å². The number of piperidine rings is 1. The Kier molecular flexibility index (Phi) is 5.70. The summed E-state index contributed by atoms with van der Waals surface area (Å²) < 4.78 is 42.8. The lowest BCUT2D eigenvalue weighted by Gasteiger charge is -2.52. The van der Waals surface area contributed by atoms with E-state index in [1.54, 1.807) is 16.4 Å². The molecular formula is C26H29FN4O2S. The Hall–Kier alpha value is -2.81. The van der Waals surface area contributed by atoms with Gasteiger partial charge >= 0.3 is 0 Å². The molecule has 2 heterocycles. The second-order valence-corrected chi connectivity index (χ2v) is 11.6. The summed E-state index contributed by atoms with van der Waals surface area (Å²) in [6.07, 6.45) is 5.23. The zero-order chi connectivity index (χ0) is 24.1. The Labute approximate surface area is 200 Å². The van der Waals surface area contributed by atoms with Gasteiger partial charge in [-0.3, -0.25) is 5.10 Å². The number of rotatable bonds is 5. The van der Waals surface area contributed by atoms with Crippen molar-refractivity contribution in [3.63, 3.8) is 0 Å². The highest BCUT2D eigenvalue weighted by atomic mass is 32.2. The molecule has 34 heavy (non-hydrogen) atoms. The molecule has 178 valence electrons. The lowest BCUT2D eigenvalue weighted by molar-refractivity contribution is 0.0881. The van der Waals surface area contributed by atoms with Crippen LogP contribution < -0.4 is 0 Å². The monoisotopic (exact) mass is 480 g/mol. The van der Waals surface area contributed by atoms with Gasteiger partial charge in [-0.1, -0.05) is 35.4 Å². The summed E-state index contributed by atoms with van der Waals surface area (Å²) in [5.74, 6) is -0.289. The van der Waals surface area contributed by atoms with Crippen molar-refractivity contribution in [1.82, 2.24) is 19.4 Å². The van der Waals surface area contributed by atoms with Crippen LogP contribution in [0, 0.1) is 18.2 Å². The predicted molar refractivity (Wildman–Crippen MR) is 130 cm³/mol. The molecule has 0 bridgehead atoms. The van der Waals surface area contributed by atoms with Crippen LogP contribution in [0.3, 0.4) is 0 Å². The van der Waals surface area contributed by atoms with Gasteiger partial charge in [0.1, 0.15) is 5.82 Å². The molecular weight excluding hydrogens is 451 g/mol. The fourth-order valence-corrected chi connectivity index (χ4v) is 7.17. The molecule has 0 radical (unpaired) electrons. The highest BCUT2D eigenvalue weighted by molar-refractivity contribution is 7.89. The van der Waals surface area contributed by atoms with Crippen molar-refractivity contribution in [3.05, 3.63) is 88.5 Å². The molecule has 1 aliphatic heterocycles. The molecule has 5 rings (SSSR count). The summed E-state index contributed by atoms with van der Waals surface area (Å²) in [4.78, 5) is 2.43. The molecule has 0 amide bonds. The molecule has 8 heteroatoms. The van der Waals surface area contributed by atoms with Gasteiger partial charge in [-0.15, -0.1) is 0 Å². The number of hydrogen-bond donors (Lipinski definition) is 1. The van der Waals surface area contributed by atoms with Crippen LogP contribution in [0.1, 0.15) is 34.8 Å². The van der Waals surface area contributed by atoms with Gasteiger partial charge in [-0.2, -0.15) is 9.40 Å². The fraction of sp³-hybridized carbons (Fsp3) is 0.346. The first-order valence-corrected chi connectivity index (χ1v) is 12.9.